The van der Waals surface area contributed by atoms with Gasteiger partial charge in [-0.2, -0.15) is 13.2 Å². The molecule has 1 saturated heterocycles. The molecular formula is C15H17F3N6O6S3. The SMILES string of the molecule is CO[C@@]1(NC(=O)C[S+]([O-])CC(F)(F)F)C(=O)N2C(C(=O)O)=C(CSc3nnnn3C)CS[C@H]21. The number of hydrogen-bond acceptors (Lipinski definition) is 10. The Bertz CT molecular complexity index is 991. The minimum Gasteiger partial charge on any atom is -0.616 e. The number of carbonyl (C=O) groups is 3. The molecule has 1 aromatic heterocycles. The van der Waals surface area contributed by atoms with Crippen LogP contribution in [0.3, 0.4) is 0 Å². The number of thioether (sulfide) groups is 2. The Kier molecular flexibility index (Phi) is 7.52. The van der Waals surface area contributed by atoms with Crippen molar-refractivity contribution >= 4 is 52.5 Å². The fourth-order valence-electron chi connectivity index (χ4n) is 3.17. The molecule has 0 radical (unpaired) electrons. The lowest BCUT2D eigenvalue weighted by molar-refractivity contribution is -0.192. The van der Waals surface area contributed by atoms with Crippen molar-refractivity contribution in [1.82, 2.24) is 30.4 Å². The molecule has 3 atom stereocenters. The molecule has 1 unspecified atom stereocenters. The second kappa shape index (κ2) is 9.69. The number of nitrogens with one attached hydrogen (secondary N) is 1. The lowest BCUT2D eigenvalue weighted by atomic mass is 9.98. The highest BCUT2D eigenvalue weighted by atomic mass is 32.2. The molecule has 2 aliphatic rings. The highest BCUT2D eigenvalue weighted by Crippen LogP contribution is 2.47. The van der Waals surface area contributed by atoms with Crippen LogP contribution < -0.4 is 5.32 Å². The van der Waals surface area contributed by atoms with E-state index in [0.717, 1.165) is 23.8 Å². The van der Waals surface area contributed by atoms with Gasteiger partial charge in [0.1, 0.15) is 11.1 Å². The van der Waals surface area contributed by atoms with Gasteiger partial charge in [-0.15, -0.1) is 16.9 Å². The molecule has 2 aliphatic heterocycles. The number of amides is 2. The van der Waals surface area contributed by atoms with Gasteiger partial charge in [-0.05, 0) is 27.2 Å². The third-order valence-electron chi connectivity index (χ3n) is 4.53. The Hall–Kier alpha value is -2.02. The van der Waals surface area contributed by atoms with Crippen LogP contribution in [-0.4, -0.2) is 99.9 Å². The number of aromatic nitrogens is 4. The standard InChI is InChI=1S/C15H17F3N6O6S3/c1-23-13(20-21-22-23)32-4-7-3-31-12-15(30-2,11(28)24(12)9(7)10(26)27)19-8(25)5-33(29)6-14(16,17)18/h12H,3-6H2,1-2H3,(H,19,25)(H,26,27)/t12-,15-,33?/m0/s1. The Morgan fingerprint density at radius 2 is 2.18 bits per heavy atom. The Labute approximate surface area is 195 Å². The van der Waals surface area contributed by atoms with Gasteiger partial charge in [0, 0.05) is 25.7 Å². The number of methoxy groups -OCH3 is 1. The summed E-state index contributed by atoms with van der Waals surface area (Å²) in [5.74, 6) is -5.71. The quantitative estimate of drug-likeness (QED) is 0.180. The van der Waals surface area contributed by atoms with E-state index in [0.29, 0.717) is 10.7 Å². The number of β-lactam (4-membered cyclic amide) rings is 1. The maximum Gasteiger partial charge on any atom is 0.433 e. The van der Waals surface area contributed by atoms with Crippen molar-refractivity contribution in [3.8, 4) is 0 Å². The molecule has 33 heavy (non-hydrogen) atoms. The van der Waals surface area contributed by atoms with Crippen LogP contribution in [-0.2, 0) is 37.3 Å². The number of rotatable bonds is 9. The number of aryl methyl sites for hydroxylation is 1. The fraction of sp³-hybridized carbons (Fsp3) is 0.600. The van der Waals surface area contributed by atoms with E-state index in [-0.39, 0.29) is 17.2 Å². The van der Waals surface area contributed by atoms with Gasteiger partial charge in [-0.25, -0.2) is 9.48 Å². The lowest BCUT2D eigenvalue weighted by Crippen LogP contribution is -2.81. The topological polar surface area (TPSA) is 163 Å². The predicted octanol–water partition coefficient (Wildman–Crippen LogP) is -0.674. The van der Waals surface area contributed by atoms with E-state index in [1.807, 2.05) is 0 Å². The molecule has 1 aromatic rings. The monoisotopic (exact) mass is 530 g/mol. The van der Waals surface area contributed by atoms with E-state index in [1.54, 1.807) is 7.05 Å². The average Bonchev–Trinajstić information content (AvgIpc) is 3.12. The van der Waals surface area contributed by atoms with E-state index in [2.05, 4.69) is 20.8 Å². The molecule has 12 nitrogen and oxygen atoms in total. The van der Waals surface area contributed by atoms with Gasteiger partial charge in [0.25, 0.3) is 17.5 Å². The summed E-state index contributed by atoms with van der Waals surface area (Å²) < 4.78 is 55.3. The molecule has 2 N–H and O–H groups in total. The van der Waals surface area contributed by atoms with E-state index < -0.39 is 57.7 Å². The molecule has 2 amide bonds. The van der Waals surface area contributed by atoms with Gasteiger partial charge in [0.2, 0.25) is 10.9 Å². The normalized spacial score (nSPS) is 23.8. The minimum atomic E-state index is -4.72. The maximum atomic E-state index is 12.9. The molecule has 0 saturated carbocycles. The van der Waals surface area contributed by atoms with E-state index >= 15 is 0 Å². The van der Waals surface area contributed by atoms with E-state index in [4.69, 9.17) is 4.74 Å². The Morgan fingerprint density at radius 3 is 2.73 bits per heavy atom. The van der Waals surface area contributed by atoms with Gasteiger partial charge in [-0.3, -0.25) is 14.5 Å². The van der Waals surface area contributed by atoms with Crippen molar-refractivity contribution in [2.75, 3.05) is 30.1 Å². The van der Waals surface area contributed by atoms with Crippen molar-refractivity contribution in [2.45, 2.75) is 22.4 Å². The molecule has 0 bridgehead atoms. The van der Waals surface area contributed by atoms with Gasteiger partial charge >= 0.3 is 12.1 Å². The van der Waals surface area contributed by atoms with Crippen LogP contribution in [0.2, 0.25) is 0 Å². The molecule has 1 fully saturated rings. The zero-order valence-electron chi connectivity index (χ0n) is 17.0. The average molecular weight is 531 g/mol. The summed E-state index contributed by atoms with van der Waals surface area (Å²) in [6.07, 6.45) is -4.72. The van der Waals surface area contributed by atoms with Crippen molar-refractivity contribution < 1.29 is 42.0 Å². The smallest absolute Gasteiger partial charge is 0.433 e. The molecule has 18 heteroatoms. The third-order valence-corrected chi connectivity index (χ3v) is 8.24. The van der Waals surface area contributed by atoms with Crippen LogP contribution in [0.15, 0.2) is 16.4 Å². The number of hydrogen-bond donors (Lipinski definition) is 2. The van der Waals surface area contributed by atoms with E-state index in [1.165, 1.54) is 16.4 Å². The number of halogens is 3. The predicted molar refractivity (Wildman–Crippen MR) is 109 cm³/mol. The number of aliphatic carboxylic acids is 1. The first-order valence-electron chi connectivity index (χ1n) is 8.93. The number of carboxylic acids is 1. The summed E-state index contributed by atoms with van der Waals surface area (Å²) in [5.41, 5.74) is -1.86. The molecule has 182 valence electrons. The number of tetrazole rings is 1. The van der Waals surface area contributed by atoms with Crippen LogP contribution in [0.1, 0.15) is 0 Å². The van der Waals surface area contributed by atoms with Crippen molar-refractivity contribution in [2.24, 2.45) is 7.05 Å². The summed E-state index contributed by atoms with van der Waals surface area (Å²) in [7, 11) is 2.70. The summed E-state index contributed by atoms with van der Waals surface area (Å²) in [6, 6.07) is 0. The fourth-order valence-corrected chi connectivity index (χ4v) is 6.43. The van der Waals surface area contributed by atoms with Gasteiger partial charge in [-0.1, -0.05) is 11.8 Å². The summed E-state index contributed by atoms with van der Waals surface area (Å²) >= 11 is -0.272. The van der Waals surface area contributed by atoms with Crippen molar-refractivity contribution in [1.29, 1.82) is 0 Å². The van der Waals surface area contributed by atoms with Crippen molar-refractivity contribution in [3.05, 3.63) is 11.3 Å². The number of alkyl halides is 3. The van der Waals surface area contributed by atoms with E-state index in [9.17, 15) is 37.2 Å². The number of ether oxygens (including phenoxy) is 1. The number of carboxylic acid groups (broad SMARTS) is 1. The summed E-state index contributed by atoms with van der Waals surface area (Å²) in [5, 5.41) is 22.3. The lowest BCUT2D eigenvalue weighted by Gasteiger charge is -2.55. The van der Waals surface area contributed by atoms with Gasteiger partial charge < -0.3 is 19.7 Å². The van der Waals surface area contributed by atoms with Crippen LogP contribution >= 0.6 is 23.5 Å². The third kappa shape index (κ3) is 5.23. The molecule has 0 aromatic carbocycles. The highest BCUT2D eigenvalue weighted by molar-refractivity contribution is 8.01. The molecule has 3 heterocycles. The number of nitrogens with zero attached hydrogens (tertiary/aromatic N) is 5. The first-order valence-corrected chi connectivity index (χ1v) is 12.5. The molecule has 0 spiro atoms. The molecule has 0 aliphatic carbocycles. The van der Waals surface area contributed by atoms with Crippen LogP contribution in [0.25, 0.3) is 0 Å². The zero-order chi connectivity index (χ0) is 24.6. The van der Waals surface area contributed by atoms with Crippen LogP contribution in [0, 0.1) is 0 Å². The van der Waals surface area contributed by atoms with Crippen molar-refractivity contribution in [3.63, 3.8) is 0 Å². The first kappa shape index (κ1) is 25.6. The van der Waals surface area contributed by atoms with Gasteiger partial charge in [0.15, 0.2) is 5.75 Å². The zero-order valence-corrected chi connectivity index (χ0v) is 19.4. The minimum absolute atomic E-state index is 0.162. The van der Waals surface area contributed by atoms with Crippen LogP contribution in [0.4, 0.5) is 13.2 Å². The number of fused-ring (bicyclic) bond motifs is 1. The summed E-state index contributed by atoms with van der Waals surface area (Å²) in [4.78, 5) is 38.0. The Morgan fingerprint density at radius 1 is 1.48 bits per heavy atom. The molecular weight excluding hydrogens is 513 g/mol. The second-order valence-electron chi connectivity index (χ2n) is 6.80. The maximum absolute atomic E-state index is 12.9. The van der Waals surface area contributed by atoms with Crippen LogP contribution in [0.5, 0.6) is 0 Å². The molecule has 3 rings (SSSR count). The number of carbonyl (C=O) groups excluding carboxylic acids is 2. The second-order valence-corrected chi connectivity index (χ2v) is 10.3. The first-order chi connectivity index (χ1) is 15.4. The largest absolute Gasteiger partial charge is 0.616 e. The Balaban J connectivity index is 1.75. The summed E-state index contributed by atoms with van der Waals surface area (Å²) in [6.45, 7) is 0. The highest BCUT2D eigenvalue weighted by Gasteiger charge is 2.66. The van der Waals surface area contributed by atoms with Gasteiger partial charge in [0.05, 0.1) is 0 Å².